The van der Waals surface area contributed by atoms with Crippen LogP contribution in [0.25, 0.3) is 0 Å². The van der Waals surface area contributed by atoms with Gasteiger partial charge in [0.25, 0.3) is 0 Å². The molecule has 3 rings (SSSR count). The highest BCUT2D eigenvalue weighted by molar-refractivity contribution is 7.99. The zero-order valence-corrected chi connectivity index (χ0v) is 23.3. The molecule has 0 radical (unpaired) electrons. The summed E-state index contributed by atoms with van der Waals surface area (Å²) in [7, 11) is 0. The van der Waals surface area contributed by atoms with Crippen LogP contribution in [0, 0.1) is 17.8 Å². The summed E-state index contributed by atoms with van der Waals surface area (Å²) in [5.74, 6) is 1.33. The fourth-order valence-corrected chi connectivity index (χ4v) is 5.84. The molecule has 0 aromatic rings. The number of allylic oxidation sites excluding steroid dienone is 10. The van der Waals surface area contributed by atoms with Crippen molar-refractivity contribution in [2.45, 2.75) is 57.1 Å². The van der Waals surface area contributed by atoms with E-state index in [1.807, 2.05) is 44.2 Å². The molecule has 194 valence electrons. The van der Waals surface area contributed by atoms with Crippen molar-refractivity contribution in [3.63, 3.8) is 0 Å². The SMILES string of the molecule is C=C(NC1=C/C=C(/OC2=C(Cl)C=CC(Cl)C2)CC\C=C\1)C1SNC(=O)C1/C(=C\C)C(C)C(C)CC=O. The molecule has 1 saturated heterocycles. The summed E-state index contributed by atoms with van der Waals surface area (Å²) in [5, 5.41) is 3.65. The molecule has 0 saturated carbocycles. The van der Waals surface area contributed by atoms with Crippen LogP contribution in [0.3, 0.4) is 0 Å². The number of ether oxygens (including phenoxy) is 1. The number of rotatable bonds is 10. The standard InChI is InChI=1S/C28H34Cl2N2O3S/c1-5-23(18(3)17(2)14-15-33)26-27(36-32-28(26)34)19(4)31-21-8-6-7-9-22(12-11-21)35-25-16-20(29)10-13-24(25)30/h5-6,8,10-13,15,17-18,20,26-27,31H,4,7,9,14,16H2,1-3H3,(H,32,34)/b8-6+,21-11+,22-12+,23-5-. The van der Waals surface area contributed by atoms with E-state index in [-0.39, 0.29) is 34.3 Å². The van der Waals surface area contributed by atoms with Crippen LogP contribution in [-0.2, 0) is 14.3 Å². The van der Waals surface area contributed by atoms with Gasteiger partial charge in [-0.05, 0) is 61.4 Å². The summed E-state index contributed by atoms with van der Waals surface area (Å²) in [6.07, 6.45) is 17.1. The lowest BCUT2D eigenvalue weighted by atomic mass is 9.78. The summed E-state index contributed by atoms with van der Waals surface area (Å²) in [6, 6.07) is 0. The van der Waals surface area contributed by atoms with Crippen LogP contribution < -0.4 is 10.0 Å². The monoisotopic (exact) mass is 548 g/mol. The molecule has 5 atom stereocenters. The van der Waals surface area contributed by atoms with E-state index in [0.29, 0.717) is 23.6 Å². The number of hydrogen-bond donors (Lipinski definition) is 2. The zero-order chi connectivity index (χ0) is 26.2. The molecule has 5 nitrogen and oxygen atoms in total. The first kappa shape index (κ1) is 28.4. The van der Waals surface area contributed by atoms with Crippen LogP contribution in [0.4, 0.5) is 0 Å². The molecular formula is C28H34Cl2N2O3S. The van der Waals surface area contributed by atoms with Crippen molar-refractivity contribution in [1.82, 2.24) is 10.0 Å². The van der Waals surface area contributed by atoms with Gasteiger partial charge in [0, 0.05) is 30.7 Å². The minimum Gasteiger partial charge on any atom is -0.464 e. The van der Waals surface area contributed by atoms with Crippen LogP contribution in [0.15, 0.2) is 82.6 Å². The van der Waals surface area contributed by atoms with Gasteiger partial charge >= 0.3 is 0 Å². The zero-order valence-electron chi connectivity index (χ0n) is 20.9. The maximum Gasteiger partial charge on any atom is 0.238 e. The number of carbonyl (C=O) groups excluding carboxylic acids is 2. The van der Waals surface area contributed by atoms with Gasteiger partial charge in [0.15, 0.2) is 0 Å². The number of alkyl halides is 1. The largest absolute Gasteiger partial charge is 0.464 e. The van der Waals surface area contributed by atoms with Crippen molar-refractivity contribution in [2.75, 3.05) is 0 Å². The third kappa shape index (κ3) is 7.21. The highest BCUT2D eigenvalue weighted by Gasteiger charge is 2.42. The Hall–Kier alpha value is -2.15. The van der Waals surface area contributed by atoms with E-state index >= 15 is 0 Å². The van der Waals surface area contributed by atoms with Gasteiger partial charge in [-0.2, -0.15) is 0 Å². The van der Waals surface area contributed by atoms with Crippen LogP contribution >= 0.6 is 35.1 Å². The lowest BCUT2D eigenvalue weighted by Gasteiger charge is -2.28. The fraction of sp³-hybridized carbons (Fsp3) is 0.429. The fourth-order valence-electron chi connectivity index (χ4n) is 4.45. The lowest BCUT2D eigenvalue weighted by Crippen LogP contribution is -2.32. The normalized spacial score (nSPS) is 30.1. The Morgan fingerprint density at radius 2 is 2.14 bits per heavy atom. The molecule has 1 fully saturated rings. The highest BCUT2D eigenvalue weighted by Crippen LogP contribution is 2.40. The van der Waals surface area contributed by atoms with Crippen molar-refractivity contribution < 1.29 is 14.3 Å². The van der Waals surface area contributed by atoms with Gasteiger partial charge in [-0.25, -0.2) is 0 Å². The van der Waals surface area contributed by atoms with Gasteiger partial charge in [-0.1, -0.05) is 55.8 Å². The second-order valence-electron chi connectivity index (χ2n) is 9.24. The smallest absolute Gasteiger partial charge is 0.238 e. The minimum atomic E-state index is -0.353. The van der Waals surface area contributed by atoms with Gasteiger partial charge in [0.2, 0.25) is 5.91 Å². The van der Waals surface area contributed by atoms with Gasteiger partial charge in [0.05, 0.1) is 21.6 Å². The van der Waals surface area contributed by atoms with Crippen LogP contribution in [0.2, 0.25) is 0 Å². The molecule has 5 unspecified atom stereocenters. The Balaban J connectivity index is 1.75. The van der Waals surface area contributed by atoms with E-state index in [1.54, 1.807) is 6.08 Å². The van der Waals surface area contributed by atoms with Gasteiger partial charge in [-0.15, -0.1) is 11.6 Å². The maximum absolute atomic E-state index is 12.9. The van der Waals surface area contributed by atoms with E-state index in [9.17, 15) is 9.59 Å². The Bertz CT molecular complexity index is 1060. The first-order chi connectivity index (χ1) is 17.2. The number of hydrogen-bond acceptors (Lipinski definition) is 5. The summed E-state index contributed by atoms with van der Waals surface area (Å²) >= 11 is 13.9. The van der Waals surface area contributed by atoms with Crippen molar-refractivity contribution in [3.8, 4) is 0 Å². The van der Waals surface area contributed by atoms with Crippen molar-refractivity contribution in [3.05, 3.63) is 82.6 Å². The van der Waals surface area contributed by atoms with E-state index < -0.39 is 0 Å². The van der Waals surface area contributed by atoms with Gasteiger partial charge in [-0.3, -0.25) is 9.52 Å². The molecule has 0 aromatic carbocycles. The van der Waals surface area contributed by atoms with Crippen LogP contribution in [0.1, 0.15) is 46.5 Å². The molecule has 1 aliphatic heterocycles. The van der Waals surface area contributed by atoms with Gasteiger partial charge in [0.1, 0.15) is 17.8 Å². The van der Waals surface area contributed by atoms with E-state index in [4.69, 9.17) is 27.9 Å². The molecule has 0 bridgehead atoms. The molecule has 1 amide bonds. The molecule has 8 heteroatoms. The molecule has 1 heterocycles. The Kier molecular flexibility index (Phi) is 10.6. The summed E-state index contributed by atoms with van der Waals surface area (Å²) < 4.78 is 9.03. The highest BCUT2D eigenvalue weighted by atomic mass is 35.5. The molecule has 2 N–H and O–H groups in total. The van der Waals surface area contributed by atoms with Gasteiger partial charge < -0.3 is 14.8 Å². The number of aldehydes is 1. The van der Waals surface area contributed by atoms with Crippen molar-refractivity contribution >= 4 is 47.3 Å². The van der Waals surface area contributed by atoms with Crippen molar-refractivity contribution in [2.24, 2.45) is 17.8 Å². The van der Waals surface area contributed by atoms with Crippen LogP contribution in [-0.4, -0.2) is 22.8 Å². The molecule has 0 spiro atoms. The Morgan fingerprint density at radius 3 is 2.86 bits per heavy atom. The Labute approximate surface area is 228 Å². The second kappa shape index (κ2) is 13.4. The topological polar surface area (TPSA) is 67.4 Å². The maximum atomic E-state index is 12.9. The predicted molar refractivity (Wildman–Crippen MR) is 150 cm³/mol. The molecule has 36 heavy (non-hydrogen) atoms. The summed E-state index contributed by atoms with van der Waals surface area (Å²) in [6.45, 7) is 10.3. The molecular weight excluding hydrogens is 515 g/mol. The summed E-state index contributed by atoms with van der Waals surface area (Å²) in [5.41, 5.74) is 2.61. The van der Waals surface area contributed by atoms with Crippen molar-refractivity contribution in [1.29, 1.82) is 0 Å². The second-order valence-corrected chi connectivity index (χ2v) is 11.2. The minimum absolute atomic E-state index is 0.0340. The first-order valence-corrected chi connectivity index (χ1v) is 13.9. The molecule has 3 aliphatic rings. The average molecular weight is 550 g/mol. The van der Waals surface area contributed by atoms with E-state index in [1.165, 1.54) is 11.9 Å². The first-order valence-electron chi connectivity index (χ1n) is 12.2. The predicted octanol–water partition coefficient (Wildman–Crippen LogP) is 6.81. The third-order valence-corrected chi connectivity index (χ3v) is 8.48. The summed E-state index contributed by atoms with van der Waals surface area (Å²) in [4.78, 5) is 23.9. The number of nitrogens with one attached hydrogen (secondary N) is 2. The van der Waals surface area contributed by atoms with Crippen LogP contribution in [0.5, 0.6) is 0 Å². The molecule has 2 aliphatic carbocycles. The number of amides is 1. The quantitative estimate of drug-likeness (QED) is 0.136. The number of carbonyl (C=O) groups is 2. The Morgan fingerprint density at radius 1 is 1.36 bits per heavy atom. The average Bonchev–Trinajstić information content (AvgIpc) is 3.21. The third-order valence-electron chi connectivity index (χ3n) is 6.72. The lowest BCUT2D eigenvalue weighted by molar-refractivity contribution is -0.121. The van der Waals surface area contributed by atoms with E-state index in [2.05, 4.69) is 29.6 Å². The van der Waals surface area contributed by atoms with E-state index in [0.717, 1.165) is 41.9 Å². The molecule has 0 aromatic heterocycles. The number of halogens is 2.